The summed E-state index contributed by atoms with van der Waals surface area (Å²) in [4.78, 5) is 0. The highest BCUT2D eigenvalue weighted by Crippen LogP contribution is 2.17. The first-order chi connectivity index (χ1) is 7.48. The molecule has 1 aromatic rings. The number of hydrogen-bond acceptors (Lipinski definition) is 3. The molecule has 0 bridgehead atoms. The van der Waals surface area contributed by atoms with Gasteiger partial charge in [-0.05, 0) is 18.2 Å². The third-order valence-corrected chi connectivity index (χ3v) is 1.87. The molecule has 0 saturated heterocycles. The second-order valence-corrected chi connectivity index (χ2v) is 3.17. The van der Waals surface area contributed by atoms with E-state index < -0.39 is 24.9 Å². The Morgan fingerprint density at radius 1 is 1.44 bits per heavy atom. The molecule has 0 radical (unpaired) electrons. The van der Waals surface area contributed by atoms with Crippen LogP contribution in [0.1, 0.15) is 5.56 Å². The van der Waals surface area contributed by atoms with Gasteiger partial charge in [0.1, 0.15) is 18.5 Å². The van der Waals surface area contributed by atoms with Crippen molar-refractivity contribution < 1.29 is 18.3 Å². The molecule has 0 aliphatic rings. The summed E-state index contributed by atoms with van der Waals surface area (Å²) in [6.07, 6.45) is 0. The molecule has 0 unspecified atom stereocenters. The fourth-order valence-electron chi connectivity index (χ4n) is 1.00. The van der Waals surface area contributed by atoms with E-state index in [1.165, 1.54) is 12.1 Å². The molecule has 0 aliphatic carbocycles. The summed E-state index contributed by atoms with van der Waals surface area (Å²) in [7, 11) is 0. The van der Waals surface area contributed by atoms with Gasteiger partial charge in [-0.25, -0.2) is 13.2 Å². The standard InChI is InChI=1S/C10H9F3N2O/c11-9-3-8(2-1-7(9)4-14)15-5-10(12,13)6-16/h1-3,15-16H,5-6H2. The molecule has 6 heteroatoms. The maximum absolute atomic E-state index is 13.1. The molecule has 0 fully saturated rings. The van der Waals surface area contributed by atoms with Gasteiger partial charge in [-0.1, -0.05) is 0 Å². The van der Waals surface area contributed by atoms with Crippen molar-refractivity contribution in [1.82, 2.24) is 0 Å². The minimum atomic E-state index is -3.26. The van der Waals surface area contributed by atoms with E-state index in [1.54, 1.807) is 6.07 Å². The van der Waals surface area contributed by atoms with Gasteiger partial charge in [0.2, 0.25) is 0 Å². The van der Waals surface area contributed by atoms with Gasteiger partial charge in [0.05, 0.1) is 12.1 Å². The van der Waals surface area contributed by atoms with Crippen LogP contribution in [0.4, 0.5) is 18.9 Å². The van der Waals surface area contributed by atoms with E-state index in [2.05, 4.69) is 5.32 Å². The summed E-state index contributed by atoms with van der Waals surface area (Å²) in [6, 6.07) is 5.07. The third-order valence-electron chi connectivity index (χ3n) is 1.87. The molecule has 0 aromatic heterocycles. The quantitative estimate of drug-likeness (QED) is 0.828. The number of rotatable bonds is 4. The highest BCUT2D eigenvalue weighted by Gasteiger charge is 2.27. The lowest BCUT2D eigenvalue weighted by molar-refractivity contribution is -0.0372. The Morgan fingerprint density at radius 3 is 2.62 bits per heavy atom. The molecule has 0 spiro atoms. The van der Waals surface area contributed by atoms with Gasteiger partial charge in [0.15, 0.2) is 0 Å². The van der Waals surface area contributed by atoms with E-state index in [4.69, 9.17) is 10.4 Å². The lowest BCUT2D eigenvalue weighted by atomic mass is 10.2. The minimum Gasteiger partial charge on any atom is -0.390 e. The van der Waals surface area contributed by atoms with Gasteiger partial charge >= 0.3 is 0 Å². The SMILES string of the molecule is N#Cc1ccc(NCC(F)(F)CO)cc1F. The molecule has 0 heterocycles. The summed E-state index contributed by atoms with van der Waals surface area (Å²) in [6.45, 7) is -2.08. The first-order valence-corrected chi connectivity index (χ1v) is 4.41. The Morgan fingerprint density at radius 2 is 2.12 bits per heavy atom. The predicted molar refractivity (Wildman–Crippen MR) is 51.6 cm³/mol. The minimum absolute atomic E-state index is 0.129. The maximum Gasteiger partial charge on any atom is 0.287 e. The second-order valence-electron chi connectivity index (χ2n) is 3.17. The maximum atomic E-state index is 13.1. The number of aliphatic hydroxyl groups is 1. The molecule has 0 saturated carbocycles. The number of nitrogens with one attached hydrogen (secondary N) is 1. The van der Waals surface area contributed by atoms with E-state index in [9.17, 15) is 13.2 Å². The zero-order chi connectivity index (χ0) is 12.2. The zero-order valence-corrected chi connectivity index (χ0v) is 8.17. The monoisotopic (exact) mass is 230 g/mol. The Kier molecular flexibility index (Phi) is 3.74. The Balaban J connectivity index is 2.70. The summed E-state index contributed by atoms with van der Waals surface area (Å²) in [5, 5.41) is 19.0. The largest absolute Gasteiger partial charge is 0.390 e. The summed E-state index contributed by atoms with van der Waals surface area (Å²) >= 11 is 0. The molecule has 86 valence electrons. The molecule has 16 heavy (non-hydrogen) atoms. The number of nitrogens with zero attached hydrogens (tertiary/aromatic N) is 1. The van der Waals surface area contributed by atoms with Crippen molar-refractivity contribution in [2.45, 2.75) is 5.92 Å². The summed E-state index contributed by atoms with van der Waals surface area (Å²) < 4.78 is 38.3. The molecule has 1 rings (SSSR count). The van der Waals surface area contributed by atoms with Crippen molar-refractivity contribution in [2.75, 3.05) is 18.5 Å². The van der Waals surface area contributed by atoms with Crippen LogP contribution in [-0.2, 0) is 0 Å². The van der Waals surface area contributed by atoms with Gasteiger partial charge < -0.3 is 10.4 Å². The number of aliphatic hydroxyl groups excluding tert-OH is 1. The van der Waals surface area contributed by atoms with Crippen molar-refractivity contribution in [3.8, 4) is 6.07 Å². The first-order valence-electron chi connectivity index (χ1n) is 4.41. The van der Waals surface area contributed by atoms with Crippen LogP contribution < -0.4 is 5.32 Å². The number of hydrogen-bond donors (Lipinski definition) is 2. The number of alkyl halides is 2. The van der Waals surface area contributed by atoms with Gasteiger partial charge in [0.25, 0.3) is 5.92 Å². The van der Waals surface area contributed by atoms with Crippen LogP contribution in [0, 0.1) is 17.1 Å². The van der Waals surface area contributed by atoms with E-state index in [1.807, 2.05) is 0 Å². The fourth-order valence-corrected chi connectivity index (χ4v) is 1.00. The van der Waals surface area contributed by atoms with Crippen molar-refractivity contribution in [2.24, 2.45) is 0 Å². The van der Waals surface area contributed by atoms with Crippen LogP contribution in [0.5, 0.6) is 0 Å². The smallest absolute Gasteiger partial charge is 0.287 e. The Bertz CT molecular complexity index is 415. The Labute approximate surface area is 90.1 Å². The van der Waals surface area contributed by atoms with E-state index in [-0.39, 0.29) is 11.3 Å². The van der Waals surface area contributed by atoms with Gasteiger partial charge in [0, 0.05) is 5.69 Å². The second kappa shape index (κ2) is 4.86. The highest BCUT2D eigenvalue weighted by atomic mass is 19.3. The number of benzene rings is 1. The van der Waals surface area contributed by atoms with Gasteiger partial charge in [-0.2, -0.15) is 5.26 Å². The predicted octanol–water partition coefficient (Wildman–Crippen LogP) is 1.74. The van der Waals surface area contributed by atoms with Gasteiger partial charge in [-0.15, -0.1) is 0 Å². The highest BCUT2D eigenvalue weighted by molar-refractivity contribution is 5.48. The van der Waals surface area contributed by atoms with Crippen molar-refractivity contribution in [1.29, 1.82) is 5.26 Å². The van der Waals surface area contributed by atoms with E-state index >= 15 is 0 Å². The zero-order valence-electron chi connectivity index (χ0n) is 8.17. The van der Waals surface area contributed by atoms with Crippen LogP contribution >= 0.6 is 0 Å². The molecule has 3 nitrogen and oxygen atoms in total. The molecule has 2 N–H and O–H groups in total. The van der Waals surface area contributed by atoms with Crippen LogP contribution in [0.3, 0.4) is 0 Å². The Hall–Kier alpha value is -1.74. The molecular formula is C10H9F3N2O. The molecule has 0 atom stereocenters. The van der Waals surface area contributed by atoms with Crippen LogP contribution in [-0.4, -0.2) is 24.2 Å². The summed E-state index contributed by atoms with van der Waals surface area (Å²) in [5.41, 5.74) is -0.0240. The molecule has 0 aliphatic heterocycles. The van der Waals surface area contributed by atoms with Crippen molar-refractivity contribution >= 4 is 5.69 Å². The lowest BCUT2D eigenvalue weighted by Gasteiger charge is -2.14. The number of halogens is 3. The van der Waals surface area contributed by atoms with Gasteiger partial charge in [-0.3, -0.25) is 0 Å². The van der Waals surface area contributed by atoms with Crippen LogP contribution in [0.15, 0.2) is 18.2 Å². The molecular weight excluding hydrogens is 221 g/mol. The average molecular weight is 230 g/mol. The van der Waals surface area contributed by atoms with E-state index in [0.29, 0.717) is 0 Å². The van der Waals surface area contributed by atoms with Crippen LogP contribution in [0.25, 0.3) is 0 Å². The number of nitriles is 1. The first kappa shape index (κ1) is 12.3. The van der Waals surface area contributed by atoms with Crippen molar-refractivity contribution in [3.05, 3.63) is 29.6 Å². The fraction of sp³-hybridized carbons (Fsp3) is 0.300. The normalized spacial score (nSPS) is 10.9. The molecule has 1 aromatic carbocycles. The third kappa shape index (κ3) is 3.14. The summed E-state index contributed by atoms with van der Waals surface area (Å²) in [5.74, 6) is -4.04. The topological polar surface area (TPSA) is 56.0 Å². The van der Waals surface area contributed by atoms with Crippen LogP contribution in [0.2, 0.25) is 0 Å². The average Bonchev–Trinajstić information content (AvgIpc) is 2.27. The van der Waals surface area contributed by atoms with E-state index in [0.717, 1.165) is 6.07 Å². The van der Waals surface area contributed by atoms with Crippen molar-refractivity contribution in [3.63, 3.8) is 0 Å². The molecule has 0 amide bonds. The number of anilines is 1. The lowest BCUT2D eigenvalue weighted by Crippen LogP contribution is -2.31.